The quantitative estimate of drug-likeness (QED) is 0.797. The predicted molar refractivity (Wildman–Crippen MR) is 71.9 cm³/mol. The summed E-state index contributed by atoms with van der Waals surface area (Å²) in [6.07, 6.45) is 0. The van der Waals surface area contributed by atoms with Gasteiger partial charge in [-0.25, -0.2) is 0 Å². The largest absolute Gasteiger partial charge is 0.464 e. The zero-order valence-electron chi connectivity index (χ0n) is 10.4. The summed E-state index contributed by atoms with van der Waals surface area (Å²) in [6.45, 7) is 4.21. The summed E-state index contributed by atoms with van der Waals surface area (Å²) in [5.41, 5.74) is 0.896. The van der Waals surface area contributed by atoms with Crippen molar-refractivity contribution in [2.45, 2.75) is 20.4 Å². The highest BCUT2D eigenvalue weighted by molar-refractivity contribution is 7.16. The fourth-order valence-corrected chi connectivity index (χ4v) is 2.55. The lowest BCUT2D eigenvalue weighted by atomic mass is 10.2. The monoisotopic (exact) mass is 265 g/mol. The molecule has 96 valence electrons. The molecule has 0 atom stereocenters. The molecule has 0 saturated heterocycles. The first kappa shape index (κ1) is 12.8. The van der Waals surface area contributed by atoms with Crippen LogP contribution in [0.1, 0.15) is 13.8 Å². The molecule has 18 heavy (non-hydrogen) atoms. The van der Waals surface area contributed by atoms with Crippen LogP contribution < -0.4 is 4.87 Å². The van der Waals surface area contributed by atoms with Gasteiger partial charge in [-0.3, -0.25) is 14.2 Å². The van der Waals surface area contributed by atoms with Crippen molar-refractivity contribution in [3.05, 3.63) is 33.9 Å². The van der Waals surface area contributed by atoms with Gasteiger partial charge in [-0.05, 0) is 12.1 Å². The number of esters is 1. The molecule has 1 aromatic heterocycles. The molecule has 0 aliphatic rings. The van der Waals surface area contributed by atoms with E-state index in [-0.39, 0.29) is 23.4 Å². The fraction of sp³-hybridized carbons (Fsp3) is 0.385. The average molecular weight is 265 g/mol. The van der Waals surface area contributed by atoms with E-state index in [1.807, 2.05) is 24.3 Å². The fourth-order valence-electron chi connectivity index (χ4n) is 1.63. The van der Waals surface area contributed by atoms with Crippen molar-refractivity contribution in [2.24, 2.45) is 5.92 Å². The van der Waals surface area contributed by atoms with E-state index in [4.69, 9.17) is 4.74 Å². The number of hydrogen-bond acceptors (Lipinski definition) is 4. The predicted octanol–water partition coefficient (Wildman–Crippen LogP) is 2.26. The molecular formula is C13H15NO3S. The van der Waals surface area contributed by atoms with Gasteiger partial charge in [0.15, 0.2) is 0 Å². The lowest BCUT2D eigenvalue weighted by molar-refractivity contribution is -0.147. The van der Waals surface area contributed by atoms with E-state index in [1.165, 1.54) is 11.3 Å². The molecule has 0 radical (unpaired) electrons. The van der Waals surface area contributed by atoms with Crippen molar-refractivity contribution in [1.82, 2.24) is 4.57 Å². The van der Waals surface area contributed by atoms with Gasteiger partial charge in [0.25, 0.3) is 0 Å². The summed E-state index contributed by atoms with van der Waals surface area (Å²) in [5.74, 6) is -0.372. The molecule has 1 heterocycles. The Morgan fingerprint density at radius 3 is 2.83 bits per heavy atom. The van der Waals surface area contributed by atoms with Crippen LogP contribution in [0.15, 0.2) is 29.1 Å². The highest BCUT2D eigenvalue weighted by atomic mass is 32.1. The third-order valence-corrected chi connectivity index (χ3v) is 3.56. The van der Waals surface area contributed by atoms with Crippen molar-refractivity contribution in [1.29, 1.82) is 0 Å². The Bertz CT molecular complexity index is 612. The van der Waals surface area contributed by atoms with Crippen LogP contribution in [-0.4, -0.2) is 17.1 Å². The topological polar surface area (TPSA) is 48.3 Å². The summed E-state index contributed by atoms with van der Waals surface area (Å²) in [4.78, 5) is 23.1. The van der Waals surface area contributed by atoms with Crippen molar-refractivity contribution in [2.75, 3.05) is 6.61 Å². The molecule has 2 aromatic rings. The van der Waals surface area contributed by atoms with Crippen LogP contribution in [0.4, 0.5) is 0 Å². The van der Waals surface area contributed by atoms with E-state index < -0.39 is 0 Å². The van der Waals surface area contributed by atoms with Crippen molar-refractivity contribution < 1.29 is 9.53 Å². The van der Waals surface area contributed by atoms with Gasteiger partial charge in [-0.15, -0.1) is 0 Å². The number of rotatable bonds is 4. The lowest BCUT2D eigenvalue weighted by Gasteiger charge is -2.07. The maximum absolute atomic E-state index is 11.8. The van der Waals surface area contributed by atoms with Gasteiger partial charge in [0, 0.05) is 0 Å². The maximum Gasteiger partial charge on any atom is 0.308 e. The Hall–Kier alpha value is -1.62. The third-order valence-electron chi connectivity index (χ3n) is 2.60. The van der Waals surface area contributed by atoms with Gasteiger partial charge in [0.2, 0.25) is 0 Å². The SMILES string of the molecule is CC(C)C(=O)OCCn1c(=O)sc2ccccc21. The van der Waals surface area contributed by atoms with E-state index in [0.29, 0.717) is 6.54 Å². The Kier molecular flexibility index (Phi) is 3.81. The summed E-state index contributed by atoms with van der Waals surface area (Å²) in [7, 11) is 0. The first-order valence-corrected chi connectivity index (χ1v) is 6.66. The highest BCUT2D eigenvalue weighted by Gasteiger charge is 2.10. The van der Waals surface area contributed by atoms with Crippen LogP contribution in [0.3, 0.4) is 0 Å². The molecule has 0 unspecified atom stereocenters. The summed E-state index contributed by atoms with van der Waals surface area (Å²) in [6, 6.07) is 7.61. The van der Waals surface area contributed by atoms with Gasteiger partial charge in [-0.2, -0.15) is 0 Å². The molecule has 0 spiro atoms. The Morgan fingerprint density at radius 1 is 1.39 bits per heavy atom. The van der Waals surface area contributed by atoms with Crippen LogP contribution in [0.25, 0.3) is 10.2 Å². The first-order chi connectivity index (χ1) is 8.59. The molecule has 0 amide bonds. The van der Waals surface area contributed by atoms with Crippen molar-refractivity contribution in [3.63, 3.8) is 0 Å². The van der Waals surface area contributed by atoms with Crippen LogP contribution in [-0.2, 0) is 16.1 Å². The minimum atomic E-state index is -0.234. The summed E-state index contributed by atoms with van der Waals surface area (Å²) < 4.78 is 7.69. The zero-order chi connectivity index (χ0) is 13.1. The van der Waals surface area contributed by atoms with E-state index in [2.05, 4.69) is 0 Å². The minimum absolute atomic E-state index is 0.0169. The molecule has 0 saturated carbocycles. The smallest absolute Gasteiger partial charge is 0.308 e. The van der Waals surface area contributed by atoms with Crippen molar-refractivity contribution in [3.8, 4) is 0 Å². The van der Waals surface area contributed by atoms with Crippen molar-refractivity contribution >= 4 is 27.5 Å². The molecule has 0 fully saturated rings. The minimum Gasteiger partial charge on any atom is -0.464 e. The van der Waals surface area contributed by atoms with E-state index in [9.17, 15) is 9.59 Å². The molecule has 4 nitrogen and oxygen atoms in total. The standard InChI is InChI=1S/C13H15NO3S/c1-9(2)12(15)17-8-7-14-10-5-3-4-6-11(10)18-13(14)16/h3-6,9H,7-8H2,1-2H3. The number of carbonyl (C=O) groups excluding carboxylic acids is 1. The van der Waals surface area contributed by atoms with Gasteiger partial charge in [-0.1, -0.05) is 37.3 Å². The third kappa shape index (κ3) is 2.61. The Labute approximate surface area is 109 Å². The molecular weight excluding hydrogens is 250 g/mol. The van der Waals surface area contributed by atoms with E-state index >= 15 is 0 Å². The Balaban J connectivity index is 2.10. The Morgan fingerprint density at radius 2 is 2.11 bits per heavy atom. The number of ether oxygens (including phenoxy) is 1. The van der Waals surface area contributed by atoms with Crippen LogP contribution in [0, 0.1) is 5.92 Å². The number of aromatic nitrogens is 1. The first-order valence-electron chi connectivity index (χ1n) is 5.84. The van der Waals surface area contributed by atoms with Crippen LogP contribution in [0.2, 0.25) is 0 Å². The lowest BCUT2D eigenvalue weighted by Crippen LogP contribution is -2.20. The molecule has 0 N–H and O–H groups in total. The van der Waals surface area contributed by atoms with Crippen LogP contribution >= 0.6 is 11.3 Å². The molecule has 0 bridgehead atoms. The number of thiazole rings is 1. The summed E-state index contributed by atoms with van der Waals surface area (Å²) >= 11 is 1.21. The van der Waals surface area contributed by atoms with Gasteiger partial charge in [0.1, 0.15) is 6.61 Å². The van der Waals surface area contributed by atoms with E-state index in [0.717, 1.165) is 10.2 Å². The molecule has 2 rings (SSSR count). The second kappa shape index (κ2) is 5.35. The van der Waals surface area contributed by atoms with Gasteiger partial charge < -0.3 is 4.74 Å². The van der Waals surface area contributed by atoms with Gasteiger partial charge in [0.05, 0.1) is 22.7 Å². The molecule has 0 aliphatic heterocycles. The maximum atomic E-state index is 11.8. The number of hydrogen-bond donors (Lipinski definition) is 0. The number of benzene rings is 1. The second-order valence-corrected chi connectivity index (χ2v) is 5.30. The molecule has 0 aliphatic carbocycles. The summed E-state index contributed by atoms with van der Waals surface area (Å²) in [5, 5.41) is 0. The van der Waals surface area contributed by atoms with Gasteiger partial charge >= 0.3 is 10.8 Å². The highest BCUT2D eigenvalue weighted by Crippen LogP contribution is 2.16. The second-order valence-electron chi connectivity index (χ2n) is 4.31. The number of nitrogens with zero attached hydrogens (tertiary/aromatic N) is 1. The number of carbonyl (C=O) groups is 1. The number of para-hydroxylation sites is 1. The number of fused-ring (bicyclic) bond motifs is 1. The molecule has 1 aromatic carbocycles. The zero-order valence-corrected chi connectivity index (χ0v) is 11.2. The average Bonchev–Trinajstić information content (AvgIpc) is 2.65. The van der Waals surface area contributed by atoms with E-state index in [1.54, 1.807) is 18.4 Å². The molecule has 5 heteroatoms. The van der Waals surface area contributed by atoms with Crippen LogP contribution in [0.5, 0.6) is 0 Å². The normalized spacial score (nSPS) is 11.1.